The Labute approximate surface area is 107 Å². The molecule has 0 radical (unpaired) electrons. The van der Waals surface area contributed by atoms with Crippen molar-refractivity contribution in [2.75, 3.05) is 0 Å². The number of nitrogens with zero attached hydrogens (tertiary/aromatic N) is 2. The smallest absolute Gasteiger partial charge is 0.125 e. The van der Waals surface area contributed by atoms with Gasteiger partial charge in [0.1, 0.15) is 5.82 Å². The Bertz CT molecular complexity index is 362. The Balaban J connectivity index is 3.51. The average molecular weight is 285 g/mol. The molecule has 0 unspecified atom stereocenters. The molecule has 1 rings (SSSR count). The predicted molar refractivity (Wildman–Crippen MR) is 71.9 cm³/mol. The van der Waals surface area contributed by atoms with E-state index in [1.54, 1.807) is 0 Å². The fourth-order valence-electron chi connectivity index (χ4n) is 1.55. The Morgan fingerprint density at radius 2 is 1.12 bits per heavy atom. The van der Waals surface area contributed by atoms with Gasteiger partial charge in [0.25, 0.3) is 0 Å². The van der Waals surface area contributed by atoms with E-state index in [1.807, 2.05) is 6.92 Å². The maximum Gasteiger partial charge on any atom is 0.125 e. The molecule has 0 aromatic carbocycles. The maximum atomic E-state index is 4.56. The zero-order valence-electron chi connectivity index (χ0n) is 11.3. The predicted octanol–water partition coefficient (Wildman–Crippen LogP) is 4.14. The minimum absolute atomic E-state index is 0.0343. The number of hydrogen-bond acceptors (Lipinski definition) is 2. The first kappa shape index (κ1) is 13.6. The van der Waals surface area contributed by atoms with E-state index in [0.29, 0.717) is 0 Å². The van der Waals surface area contributed by atoms with Gasteiger partial charge in [0.05, 0.1) is 15.9 Å². The molecule has 0 bridgehead atoms. The van der Waals surface area contributed by atoms with Crippen molar-refractivity contribution < 1.29 is 0 Å². The lowest BCUT2D eigenvalue weighted by molar-refractivity contribution is 0.527. The second kappa shape index (κ2) is 4.10. The summed E-state index contributed by atoms with van der Waals surface area (Å²) in [5.41, 5.74) is 2.24. The minimum atomic E-state index is 0.0343. The van der Waals surface area contributed by atoms with E-state index < -0.39 is 0 Å². The molecule has 0 spiro atoms. The normalized spacial score (nSPS) is 13.0. The van der Waals surface area contributed by atoms with Crippen LogP contribution in [0.3, 0.4) is 0 Å². The van der Waals surface area contributed by atoms with E-state index in [1.165, 1.54) is 0 Å². The standard InChI is InChI=1S/C13H21BrN2/c1-8-15-10(12(2,3)4)9(14)11(16-8)13(5,6)7/h1-7H3. The summed E-state index contributed by atoms with van der Waals surface area (Å²) in [5.74, 6) is 0.845. The lowest BCUT2D eigenvalue weighted by Crippen LogP contribution is -2.22. The van der Waals surface area contributed by atoms with Crippen LogP contribution < -0.4 is 0 Å². The topological polar surface area (TPSA) is 25.8 Å². The van der Waals surface area contributed by atoms with Crippen LogP contribution in [-0.2, 0) is 10.8 Å². The van der Waals surface area contributed by atoms with Gasteiger partial charge in [0.15, 0.2) is 0 Å². The molecule has 1 aromatic heterocycles. The lowest BCUT2D eigenvalue weighted by Gasteiger charge is -2.26. The van der Waals surface area contributed by atoms with Crippen molar-refractivity contribution in [3.8, 4) is 0 Å². The first-order chi connectivity index (χ1) is 7.03. The summed E-state index contributed by atoms with van der Waals surface area (Å²) in [6.07, 6.45) is 0. The molecule has 0 atom stereocenters. The number of aromatic nitrogens is 2. The highest BCUT2D eigenvalue weighted by atomic mass is 79.9. The molecule has 0 aliphatic carbocycles. The van der Waals surface area contributed by atoms with Gasteiger partial charge in [-0.15, -0.1) is 0 Å². The van der Waals surface area contributed by atoms with Gasteiger partial charge in [-0.3, -0.25) is 0 Å². The van der Waals surface area contributed by atoms with Gasteiger partial charge in [0.2, 0.25) is 0 Å². The second-order valence-electron chi connectivity index (χ2n) is 6.28. The van der Waals surface area contributed by atoms with Crippen molar-refractivity contribution in [3.05, 3.63) is 21.7 Å². The van der Waals surface area contributed by atoms with E-state index in [4.69, 9.17) is 0 Å². The van der Waals surface area contributed by atoms with Gasteiger partial charge in [-0.2, -0.15) is 0 Å². The van der Waals surface area contributed by atoms with Crippen LogP contribution in [-0.4, -0.2) is 9.97 Å². The molecule has 0 fully saturated rings. The van der Waals surface area contributed by atoms with Crippen molar-refractivity contribution in [1.29, 1.82) is 0 Å². The highest BCUT2D eigenvalue weighted by Crippen LogP contribution is 2.35. The quantitative estimate of drug-likeness (QED) is 0.716. The number of rotatable bonds is 0. The average Bonchev–Trinajstić information content (AvgIpc) is 2.04. The second-order valence-corrected chi connectivity index (χ2v) is 7.08. The van der Waals surface area contributed by atoms with Gasteiger partial charge in [0, 0.05) is 10.8 Å². The number of halogens is 1. The van der Waals surface area contributed by atoms with Gasteiger partial charge >= 0.3 is 0 Å². The van der Waals surface area contributed by atoms with E-state index in [-0.39, 0.29) is 10.8 Å². The van der Waals surface area contributed by atoms with Crippen LogP contribution in [0.15, 0.2) is 4.47 Å². The Hall–Kier alpha value is -0.440. The molecule has 2 nitrogen and oxygen atoms in total. The minimum Gasteiger partial charge on any atom is -0.237 e. The molecule has 0 amide bonds. The molecule has 0 aliphatic heterocycles. The number of aryl methyl sites for hydroxylation is 1. The molecular weight excluding hydrogens is 264 g/mol. The highest BCUT2D eigenvalue weighted by molar-refractivity contribution is 9.10. The molecule has 0 N–H and O–H groups in total. The molecular formula is C13H21BrN2. The van der Waals surface area contributed by atoms with Crippen LogP contribution in [0.1, 0.15) is 58.8 Å². The van der Waals surface area contributed by atoms with Crippen molar-refractivity contribution in [2.45, 2.75) is 59.3 Å². The molecule has 90 valence electrons. The van der Waals surface area contributed by atoms with Crippen molar-refractivity contribution in [1.82, 2.24) is 9.97 Å². The Morgan fingerprint density at radius 1 is 0.812 bits per heavy atom. The molecule has 16 heavy (non-hydrogen) atoms. The Morgan fingerprint density at radius 3 is 1.38 bits per heavy atom. The van der Waals surface area contributed by atoms with Crippen molar-refractivity contribution >= 4 is 15.9 Å². The molecule has 0 saturated carbocycles. The maximum absolute atomic E-state index is 4.56. The van der Waals surface area contributed by atoms with E-state index in [2.05, 4.69) is 67.4 Å². The number of hydrogen-bond donors (Lipinski definition) is 0. The highest BCUT2D eigenvalue weighted by Gasteiger charge is 2.27. The Kier molecular flexibility index (Phi) is 3.49. The summed E-state index contributed by atoms with van der Waals surface area (Å²) in [6.45, 7) is 15.0. The third-order valence-corrected chi connectivity index (χ3v) is 3.13. The lowest BCUT2D eigenvalue weighted by atomic mass is 9.86. The molecule has 0 aliphatic rings. The zero-order valence-corrected chi connectivity index (χ0v) is 12.9. The molecule has 1 aromatic rings. The van der Waals surface area contributed by atoms with Gasteiger partial charge in [-0.05, 0) is 22.9 Å². The van der Waals surface area contributed by atoms with Gasteiger partial charge < -0.3 is 0 Å². The summed E-state index contributed by atoms with van der Waals surface area (Å²) in [5, 5.41) is 0. The van der Waals surface area contributed by atoms with E-state index in [0.717, 1.165) is 21.7 Å². The third-order valence-electron chi connectivity index (χ3n) is 2.38. The fraction of sp³-hybridized carbons (Fsp3) is 0.692. The summed E-state index contributed by atoms with van der Waals surface area (Å²) in [7, 11) is 0. The molecule has 3 heteroatoms. The zero-order chi connectivity index (χ0) is 12.7. The SMILES string of the molecule is Cc1nc(C(C)(C)C)c(Br)c(C(C)(C)C)n1. The summed E-state index contributed by atoms with van der Waals surface area (Å²) in [4.78, 5) is 9.12. The van der Waals surface area contributed by atoms with Gasteiger partial charge in [-0.1, -0.05) is 41.5 Å². The van der Waals surface area contributed by atoms with E-state index in [9.17, 15) is 0 Å². The third kappa shape index (κ3) is 2.82. The largest absolute Gasteiger partial charge is 0.237 e. The first-order valence-corrected chi connectivity index (χ1v) is 6.38. The fourth-order valence-corrected chi connectivity index (χ4v) is 2.92. The summed E-state index contributed by atoms with van der Waals surface area (Å²) >= 11 is 3.66. The summed E-state index contributed by atoms with van der Waals surface area (Å²) in [6, 6.07) is 0. The van der Waals surface area contributed by atoms with E-state index >= 15 is 0 Å². The van der Waals surface area contributed by atoms with Crippen LogP contribution in [0.25, 0.3) is 0 Å². The van der Waals surface area contributed by atoms with Crippen LogP contribution in [0, 0.1) is 6.92 Å². The summed E-state index contributed by atoms with van der Waals surface area (Å²) < 4.78 is 1.05. The first-order valence-electron chi connectivity index (χ1n) is 5.58. The monoisotopic (exact) mass is 284 g/mol. The van der Waals surface area contributed by atoms with Crippen molar-refractivity contribution in [2.24, 2.45) is 0 Å². The van der Waals surface area contributed by atoms with Gasteiger partial charge in [-0.25, -0.2) is 9.97 Å². The van der Waals surface area contributed by atoms with Crippen LogP contribution in [0.4, 0.5) is 0 Å². The van der Waals surface area contributed by atoms with Crippen molar-refractivity contribution in [3.63, 3.8) is 0 Å². The molecule has 0 saturated heterocycles. The van der Waals surface area contributed by atoms with Crippen LogP contribution in [0.5, 0.6) is 0 Å². The molecule has 1 heterocycles. The van der Waals surface area contributed by atoms with Crippen LogP contribution >= 0.6 is 15.9 Å². The van der Waals surface area contributed by atoms with Crippen LogP contribution in [0.2, 0.25) is 0 Å².